The molecule has 0 radical (unpaired) electrons. The zero-order valence-electron chi connectivity index (χ0n) is 13.0. The van der Waals surface area contributed by atoms with E-state index in [1.165, 1.54) is 4.90 Å². The zero-order chi connectivity index (χ0) is 16.4. The number of nitrogens with zero attached hydrogens (tertiary/aromatic N) is 4. The highest BCUT2D eigenvalue weighted by Crippen LogP contribution is 2.25. The maximum Gasteiger partial charge on any atom is 0.231 e. The first-order valence-electron chi connectivity index (χ1n) is 7.26. The van der Waals surface area contributed by atoms with Crippen molar-refractivity contribution in [2.75, 3.05) is 7.05 Å². The molecule has 2 heterocycles. The van der Waals surface area contributed by atoms with Gasteiger partial charge in [-0.05, 0) is 25.1 Å². The smallest absolute Gasteiger partial charge is 0.231 e. The number of guanidine groups is 1. The van der Waals surface area contributed by atoms with Gasteiger partial charge in [0.2, 0.25) is 5.91 Å². The van der Waals surface area contributed by atoms with Gasteiger partial charge in [0.1, 0.15) is 0 Å². The molecule has 23 heavy (non-hydrogen) atoms. The first-order valence-corrected chi connectivity index (χ1v) is 7.26. The van der Waals surface area contributed by atoms with Crippen LogP contribution >= 0.6 is 0 Å². The second-order valence-electron chi connectivity index (χ2n) is 5.30. The average Bonchev–Trinajstić information content (AvgIpc) is 3.03. The average molecular weight is 307 g/mol. The molecule has 1 amide bonds. The van der Waals surface area contributed by atoms with Crippen molar-refractivity contribution in [1.82, 2.24) is 14.7 Å². The summed E-state index contributed by atoms with van der Waals surface area (Å²) in [6, 6.07) is 7.52. The van der Waals surface area contributed by atoms with Gasteiger partial charge in [0.15, 0.2) is 5.96 Å². The molecule has 0 spiro atoms. The summed E-state index contributed by atoms with van der Waals surface area (Å²) < 4.78 is 1.75. The molecular weight excluding hydrogens is 290 g/mol. The normalized spacial score (nSPS) is 17.5. The summed E-state index contributed by atoms with van der Waals surface area (Å²) >= 11 is 0. The van der Waals surface area contributed by atoms with E-state index in [-0.39, 0.29) is 17.9 Å². The summed E-state index contributed by atoms with van der Waals surface area (Å²) in [6.45, 7) is 1.80. The zero-order valence-corrected chi connectivity index (χ0v) is 13.0. The number of benzene rings is 1. The topological polar surface area (TPSA) is 76.5 Å². The van der Waals surface area contributed by atoms with Gasteiger partial charge in [0.05, 0.1) is 24.3 Å². The largest absolute Gasteiger partial charge is 0.369 e. The highest BCUT2D eigenvalue weighted by atomic mass is 16.2. The Labute approximate surface area is 134 Å². The van der Waals surface area contributed by atoms with E-state index in [0.717, 1.165) is 16.8 Å². The minimum Gasteiger partial charge on any atom is -0.369 e. The van der Waals surface area contributed by atoms with Crippen LogP contribution in [0.2, 0.25) is 0 Å². The van der Waals surface area contributed by atoms with E-state index in [4.69, 9.17) is 5.73 Å². The molecule has 0 aliphatic carbocycles. The third-order valence-electron chi connectivity index (χ3n) is 3.74. The van der Waals surface area contributed by atoms with Crippen molar-refractivity contribution in [3.05, 3.63) is 47.8 Å². The number of hydrogen-bond donors (Lipinski definition) is 1. The molecule has 6 heteroatoms. The summed E-state index contributed by atoms with van der Waals surface area (Å²) in [5.41, 5.74) is 8.48. The second-order valence-corrected chi connectivity index (χ2v) is 5.30. The molecule has 1 atom stereocenters. The van der Waals surface area contributed by atoms with Crippen molar-refractivity contribution in [3.8, 4) is 17.5 Å². The summed E-state index contributed by atoms with van der Waals surface area (Å²) in [6.07, 6.45) is 3.89. The van der Waals surface area contributed by atoms with Gasteiger partial charge in [0.25, 0.3) is 0 Å². The monoisotopic (exact) mass is 307 g/mol. The molecule has 3 rings (SSSR count). The first kappa shape index (κ1) is 14.9. The number of nitrogens with two attached hydrogens (primary N) is 1. The molecule has 0 saturated carbocycles. The van der Waals surface area contributed by atoms with Crippen molar-refractivity contribution >= 4 is 11.9 Å². The van der Waals surface area contributed by atoms with Crippen molar-refractivity contribution in [2.24, 2.45) is 10.7 Å². The van der Waals surface area contributed by atoms with E-state index in [9.17, 15) is 4.79 Å². The van der Waals surface area contributed by atoms with E-state index >= 15 is 0 Å². The van der Waals surface area contributed by atoms with Crippen LogP contribution < -0.4 is 5.73 Å². The molecule has 2 aromatic rings. The van der Waals surface area contributed by atoms with Crippen LogP contribution in [-0.2, 0) is 4.79 Å². The van der Waals surface area contributed by atoms with Crippen LogP contribution in [0.5, 0.6) is 0 Å². The fourth-order valence-corrected chi connectivity index (χ4v) is 2.43. The number of carbonyl (C=O) groups excluding carboxylic acids is 1. The minimum atomic E-state index is -0.286. The lowest BCUT2D eigenvalue weighted by molar-refractivity contribution is -0.127. The van der Waals surface area contributed by atoms with Gasteiger partial charge in [-0.2, -0.15) is 5.10 Å². The number of amides is 1. The molecule has 1 aliphatic rings. The fraction of sp³-hybridized carbons (Fsp3) is 0.235. The lowest BCUT2D eigenvalue weighted by Crippen LogP contribution is -2.42. The molecule has 0 unspecified atom stereocenters. The van der Waals surface area contributed by atoms with Crippen molar-refractivity contribution in [1.29, 1.82) is 0 Å². The van der Waals surface area contributed by atoms with E-state index in [1.54, 1.807) is 24.9 Å². The maximum atomic E-state index is 11.9. The van der Waals surface area contributed by atoms with Gasteiger partial charge >= 0.3 is 0 Å². The summed E-state index contributed by atoms with van der Waals surface area (Å²) in [4.78, 5) is 17.6. The third-order valence-corrected chi connectivity index (χ3v) is 3.74. The van der Waals surface area contributed by atoms with Crippen LogP contribution in [-0.4, -0.2) is 33.6 Å². The Kier molecular flexibility index (Phi) is 3.85. The lowest BCUT2D eigenvalue weighted by Gasteiger charge is -2.24. The van der Waals surface area contributed by atoms with Gasteiger partial charge in [0, 0.05) is 24.4 Å². The Hall–Kier alpha value is -3.07. The molecule has 1 aliphatic heterocycles. The van der Waals surface area contributed by atoms with E-state index in [0.29, 0.717) is 6.42 Å². The van der Waals surface area contributed by atoms with Crippen molar-refractivity contribution < 1.29 is 4.79 Å². The van der Waals surface area contributed by atoms with E-state index in [1.807, 2.05) is 30.5 Å². The quantitative estimate of drug-likeness (QED) is 0.853. The maximum absolute atomic E-state index is 11.9. The predicted molar refractivity (Wildman–Crippen MR) is 87.9 cm³/mol. The van der Waals surface area contributed by atoms with Gasteiger partial charge in [-0.15, -0.1) is 5.92 Å². The van der Waals surface area contributed by atoms with Crippen LogP contribution in [0.3, 0.4) is 0 Å². The van der Waals surface area contributed by atoms with E-state index < -0.39 is 0 Å². The van der Waals surface area contributed by atoms with Crippen molar-refractivity contribution in [3.63, 3.8) is 0 Å². The number of rotatable bonds is 2. The molecule has 6 nitrogen and oxygen atoms in total. The number of carbonyl (C=O) groups is 1. The lowest BCUT2D eigenvalue weighted by atomic mass is 10.1. The highest BCUT2D eigenvalue weighted by molar-refractivity contribution is 5.98. The standard InChI is InChI=1S/C17H17N5O/c1-3-5-12-6-4-7-14(8-12)22-11-13(10-19-22)15-9-16(23)21(2)17(18)20-15/h4,6-8,10-11,15H,9H2,1-2H3,(H2,18,20)/t15-/m0/s1. The Bertz CT molecular complexity index is 840. The van der Waals surface area contributed by atoms with Crippen LogP contribution in [0.15, 0.2) is 41.7 Å². The molecule has 1 aromatic carbocycles. The predicted octanol–water partition coefficient (Wildman–Crippen LogP) is 1.46. The molecule has 0 fully saturated rings. The second kappa shape index (κ2) is 5.97. The Morgan fingerprint density at radius 2 is 2.22 bits per heavy atom. The van der Waals surface area contributed by atoms with Crippen molar-refractivity contribution in [2.45, 2.75) is 19.4 Å². The third kappa shape index (κ3) is 2.94. The van der Waals surface area contributed by atoms with Crippen LogP contribution in [0.1, 0.15) is 30.5 Å². The van der Waals surface area contributed by atoms with Crippen LogP contribution in [0, 0.1) is 11.8 Å². The Morgan fingerprint density at radius 3 is 2.96 bits per heavy atom. The molecule has 116 valence electrons. The Balaban J connectivity index is 1.90. The van der Waals surface area contributed by atoms with Crippen LogP contribution in [0.4, 0.5) is 0 Å². The Morgan fingerprint density at radius 1 is 1.39 bits per heavy atom. The highest BCUT2D eigenvalue weighted by Gasteiger charge is 2.26. The summed E-state index contributed by atoms with van der Waals surface area (Å²) in [7, 11) is 1.63. The summed E-state index contributed by atoms with van der Waals surface area (Å²) in [5, 5.41) is 4.37. The summed E-state index contributed by atoms with van der Waals surface area (Å²) in [5.74, 6) is 6.09. The number of hydrogen-bond acceptors (Lipinski definition) is 4. The van der Waals surface area contributed by atoms with Gasteiger partial charge < -0.3 is 5.73 Å². The minimum absolute atomic E-state index is 0.0459. The molecular formula is C17H17N5O. The van der Waals surface area contributed by atoms with Crippen LogP contribution in [0.25, 0.3) is 5.69 Å². The molecule has 0 saturated heterocycles. The fourth-order valence-electron chi connectivity index (χ4n) is 2.43. The van der Waals surface area contributed by atoms with Gasteiger partial charge in [-0.25, -0.2) is 9.67 Å². The number of aromatic nitrogens is 2. The molecule has 2 N–H and O–H groups in total. The number of aliphatic imine (C=N–C) groups is 1. The first-order chi connectivity index (χ1) is 11.1. The molecule has 0 bridgehead atoms. The van der Waals surface area contributed by atoms with Gasteiger partial charge in [-0.3, -0.25) is 9.69 Å². The SMILES string of the molecule is CC#Cc1cccc(-n2cc([C@@H]3CC(=O)N(C)C(N)=N3)cn2)c1. The van der Waals surface area contributed by atoms with E-state index in [2.05, 4.69) is 21.9 Å². The van der Waals surface area contributed by atoms with Gasteiger partial charge in [-0.1, -0.05) is 12.0 Å². The molecule has 1 aromatic heterocycles.